The average Bonchev–Trinajstić information content (AvgIpc) is 3.87. The van der Waals surface area contributed by atoms with E-state index < -0.39 is 21.2 Å². The molecule has 11 heteroatoms. The lowest BCUT2D eigenvalue weighted by Crippen LogP contribution is -2.68. The molecule has 5 unspecified atom stereocenters. The van der Waals surface area contributed by atoms with Gasteiger partial charge in [-0.3, -0.25) is 4.79 Å². The Morgan fingerprint density at radius 1 is 0.919 bits per heavy atom. The Labute approximate surface area is 371 Å². The van der Waals surface area contributed by atoms with Crippen LogP contribution in [0.2, 0.25) is 0 Å². The van der Waals surface area contributed by atoms with Crippen molar-refractivity contribution in [2.75, 3.05) is 44.3 Å². The van der Waals surface area contributed by atoms with Gasteiger partial charge < -0.3 is 20.1 Å². The molecular formula is C51H73N5O5S. The molecule has 10 atom stereocenters. The molecule has 1 aromatic heterocycles. The molecule has 0 radical (unpaired) electrons. The summed E-state index contributed by atoms with van der Waals surface area (Å²) in [7, 11) is -2.88. The molecule has 5 fully saturated rings. The number of carboxylic acid groups (broad SMARTS) is 1. The highest BCUT2D eigenvalue weighted by Gasteiger charge is 2.70. The quantitative estimate of drug-likeness (QED) is 0.213. The largest absolute Gasteiger partial charge is 0.481 e. The number of fused-ring (bicyclic) bond motifs is 7. The lowest BCUT2D eigenvalue weighted by molar-refractivity contribution is -0.221. The molecule has 7 aliphatic rings. The number of hydrogen-bond donors (Lipinski definition) is 2. The number of aliphatic carboxylic acids is 1. The number of benzene rings is 1. The molecule has 4 saturated carbocycles. The van der Waals surface area contributed by atoms with E-state index in [1.54, 1.807) is 10.9 Å². The monoisotopic (exact) mass is 868 g/mol. The number of carboxylic acids is 1. The molecule has 2 aromatic rings. The number of rotatable bonds is 11. The van der Waals surface area contributed by atoms with Crippen LogP contribution >= 0.6 is 0 Å². The number of sulfone groups is 1. The van der Waals surface area contributed by atoms with Crippen LogP contribution in [0.1, 0.15) is 119 Å². The van der Waals surface area contributed by atoms with Crippen molar-refractivity contribution < 1.29 is 23.1 Å². The summed E-state index contributed by atoms with van der Waals surface area (Å²) < 4.78 is 32.1. The normalized spacial score (nSPS) is 39.9. The fourth-order valence-electron chi connectivity index (χ4n) is 15.9. The van der Waals surface area contributed by atoms with Crippen LogP contribution in [-0.2, 0) is 14.6 Å². The number of nitrogens with one attached hydrogen (secondary N) is 1. The van der Waals surface area contributed by atoms with E-state index in [0.717, 1.165) is 31.6 Å². The predicted octanol–water partition coefficient (Wildman–Crippen LogP) is 9.09. The van der Waals surface area contributed by atoms with Crippen molar-refractivity contribution in [1.82, 2.24) is 25.2 Å². The molecule has 2 N–H and O–H groups in total. The summed E-state index contributed by atoms with van der Waals surface area (Å²) in [5.74, 6) is 3.19. The van der Waals surface area contributed by atoms with Crippen molar-refractivity contribution in [2.45, 2.75) is 124 Å². The molecule has 0 amide bonds. The number of nitrogens with zero attached hydrogens (tertiary/aromatic N) is 4. The predicted molar refractivity (Wildman–Crippen MR) is 245 cm³/mol. The number of aromatic nitrogens is 3. The first-order valence-corrected chi connectivity index (χ1v) is 25.8. The van der Waals surface area contributed by atoms with Gasteiger partial charge in [-0.2, -0.15) is 4.68 Å². The summed E-state index contributed by atoms with van der Waals surface area (Å²) in [6.45, 7) is 23.2. The van der Waals surface area contributed by atoms with Crippen molar-refractivity contribution in [1.29, 1.82) is 0 Å². The minimum atomic E-state index is -2.88. The van der Waals surface area contributed by atoms with Crippen LogP contribution in [0.25, 0.3) is 5.69 Å². The zero-order valence-corrected chi connectivity index (χ0v) is 39.2. The van der Waals surface area contributed by atoms with Gasteiger partial charge in [-0.1, -0.05) is 82.3 Å². The summed E-state index contributed by atoms with van der Waals surface area (Å²) in [6.07, 6.45) is 19.1. The second-order valence-corrected chi connectivity index (χ2v) is 24.7. The Morgan fingerprint density at radius 3 is 2.37 bits per heavy atom. The van der Waals surface area contributed by atoms with Crippen molar-refractivity contribution in [3.8, 4) is 11.6 Å². The number of allylic oxidation sites excluding steroid dienone is 5. The SMILES string of the molecule is C=C(C)[C@@H]1CC[C@]2(NCCN3CCS(=O)(=O)CC3)CC[C@]3(C)C(CCC4[C@@]5(C)CC=C(C6=CCC(COc7cnnn7-c7ccccc7)(C(=O)O)CC6)C(C)(C)C5CC[C@]43C)C12. The maximum Gasteiger partial charge on any atom is 0.313 e. The highest BCUT2D eigenvalue weighted by molar-refractivity contribution is 7.91. The summed E-state index contributed by atoms with van der Waals surface area (Å²) in [5.41, 5.74) is 4.73. The molecule has 1 saturated heterocycles. The zero-order valence-electron chi connectivity index (χ0n) is 38.4. The van der Waals surface area contributed by atoms with E-state index in [9.17, 15) is 18.3 Å². The van der Waals surface area contributed by atoms with Gasteiger partial charge >= 0.3 is 5.97 Å². The Bertz CT molecular complexity index is 2220. The van der Waals surface area contributed by atoms with E-state index in [0.29, 0.717) is 61.4 Å². The van der Waals surface area contributed by atoms with Gasteiger partial charge in [0.2, 0.25) is 5.88 Å². The van der Waals surface area contributed by atoms with E-state index in [-0.39, 0.29) is 45.3 Å². The number of carbonyl (C=O) groups is 1. The highest BCUT2D eigenvalue weighted by atomic mass is 32.2. The fraction of sp³-hybridized carbons (Fsp3) is 0.706. The van der Waals surface area contributed by atoms with Crippen LogP contribution in [0, 0.1) is 56.7 Å². The Balaban J connectivity index is 0.921. The third-order valence-electron chi connectivity index (χ3n) is 19.4. The Morgan fingerprint density at radius 2 is 1.68 bits per heavy atom. The van der Waals surface area contributed by atoms with E-state index in [4.69, 9.17) is 4.74 Å². The van der Waals surface area contributed by atoms with Gasteiger partial charge in [-0.15, -0.1) is 5.10 Å². The van der Waals surface area contributed by atoms with Crippen LogP contribution in [0.3, 0.4) is 0 Å². The summed E-state index contributed by atoms with van der Waals surface area (Å²) in [4.78, 5) is 15.3. The molecule has 0 spiro atoms. The van der Waals surface area contributed by atoms with Gasteiger partial charge in [-0.05, 0) is 159 Å². The van der Waals surface area contributed by atoms with Crippen LogP contribution in [0.4, 0.5) is 0 Å². The number of para-hydroxylation sites is 1. The number of hydrogen-bond acceptors (Lipinski definition) is 8. The maximum absolute atomic E-state index is 13.0. The lowest BCUT2D eigenvalue weighted by Gasteiger charge is -2.72. The van der Waals surface area contributed by atoms with Gasteiger partial charge in [0, 0.05) is 31.7 Å². The molecule has 10 nitrogen and oxygen atoms in total. The van der Waals surface area contributed by atoms with Gasteiger partial charge in [0.05, 0.1) is 17.2 Å². The molecular weight excluding hydrogens is 795 g/mol. The van der Waals surface area contributed by atoms with Crippen molar-refractivity contribution in [3.63, 3.8) is 0 Å². The molecule has 338 valence electrons. The molecule has 1 aliphatic heterocycles. The lowest BCUT2D eigenvalue weighted by atomic mass is 9.33. The first kappa shape index (κ1) is 43.9. The number of ether oxygens (including phenoxy) is 1. The standard InChI is InChI=1S/C51H73N5O5S/c1-35(2)38-17-24-51(52-27-28-55-29-31-62(59,60)32-30-55)26-25-48(6)40(44(38)51)13-14-42-47(5)20-18-39(46(3,4)41(47)19-21-49(42,48)7)36-15-22-50(23-16-36,45(57)58)34-61-43-33-53-54-56(43)37-11-9-8-10-12-37/h8-12,15,18,33,38,40-42,44,52H,1,13-14,16-17,19-32,34H2,2-7H3,(H,57,58)/t38-,40?,41?,42?,44?,47-,48+,49+,50?,51-/m0/s1. The molecule has 62 heavy (non-hydrogen) atoms. The highest BCUT2D eigenvalue weighted by Crippen LogP contribution is 2.76. The molecule has 2 heterocycles. The molecule has 6 aliphatic carbocycles. The van der Waals surface area contributed by atoms with Gasteiger partial charge in [0.25, 0.3) is 0 Å². The minimum absolute atomic E-state index is 0.0217. The second kappa shape index (κ2) is 15.7. The van der Waals surface area contributed by atoms with Gasteiger partial charge in [0.15, 0.2) is 9.84 Å². The Kier molecular flexibility index (Phi) is 11.1. The van der Waals surface area contributed by atoms with Crippen molar-refractivity contribution in [3.05, 3.63) is 72.0 Å². The van der Waals surface area contributed by atoms with Crippen molar-refractivity contribution >= 4 is 15.8 Å². The van der Waals surface area contributed by atoms with Gasteiger partial charge in [0.1, 0.15) is 18.2 Å². The maximum atomic E-state index is 13.0. The summed E-state index contributed by atoms with van der Waals surface area (Å²) in [5, 5.41) is 23.1. The summed E-state index contributed by atoms with van der Waals surface area (Å²) >= 11 is 0. The summed E-state index contributed by atoms with van der Waals surface area (Å²) in [6, 6.07) is 9.67. The fourth-order valence-corrected chi connectivity index (χ4v) is 17.1. The molecule has 1 aromatic carbocycles. The van der Waals surface area contributed by atoms with E-state index >= 15 is 0 Å². The van der Waals surface area contributed by atoms with E-state index in [1.165, 1.54) is 68.1 Å². The first-order valence-electron chi connectivity index (χ1n) is 23.9. The first-order chi connectivity index (χ1) is 29.4. The molecule has 9 rings (SSSR count). The Hall–Kier alpha value is -3.28. The van der Waals surface area contributed by atoms with Crippen LogP contribution < -0.4 is 10.1 Å². The third kappa shape index (κ3) is 6.99. The molecule has 0 bridgehead atoms. The average molecular weight is 868 g/mol. The van der Waals surface area contributed by atoms with Crippen LogP contribution in [-0.4, -0.2) is 89.2 Å². The topological polar surface area (TPSA) is 127 Å². The van der Waals surface area contributed by atoms with Crippen molar-refractivity contribution in [2.24, 2.45) is 56.7 Å². The smallest absolute Gasteiger partial charge is 0.313 e. The van der Waals surface area contributed by atoms with Crippen LogP contribution in [0.5, 0.6) is 5.88 Å². The van der Waals surface area contributed by atoms with E-state index in [1.807, 2.05) is 30.3 Å². The second-order valence-electron chi connectivity index (χ2n) is 22.4. The van der Waals surface area contributed by atoms with Crippen LogP contribution in [0.15, 0.2) is 72.0 Å². The third-order valence-corrected chi connectivity index (χ3v) is 21.0. The zero-order chi connectivity index (χ0) is 43.9. The van der Waals surface area contributed by atoms with E-state index in [2.05, 4.69) is 80.8 Å². The minimum Gasteiger partial charge on any atom is -0.481 e. The van der Waals surface area contributed by atoms with Gasteiger partial charge in [-0.25, -0.2) is 8.42 Å².